The Bertz CT molecular complexity index is 291. The van der Waals surface area contributed by atoms with Crippen molar-refractivity contribution in [1.82, 2.24) is 9.97 Å². The van der Waals surface area contributed by atoms with E-state index >= 15 is 0 Å². The number of hydrogen-bond donors (Lipinski definition) is 4. The normalized spacial score (nSPS) is 9.55. The van der Waals surface area contributed by atoms with Gasteiger partial charge in [-0.2, -0.15) is 4.98 Å². The maximum absolute atomic E-state index is 10.6. The Morgan fingerprint density at radius 2 is 2.18 bits per heavy atom. The molecule has 1 aromatic heterocycles. The third-order valence-corrected chi connectivity index (χ3v) is 1.24. The molecule has 0 atom stereocenters. The van der Waals surface area contributed by atoms with Gasteiger partial charge in [-0.15, -0.1) is 0 Å². The Labute approximate surface area is 62.6 Å². The average molecular weight is 155 g/mol. The van der Waals surface area contributed by atoms with Gasteiger partial charge in [-0.1, -0.05) is 0 Å². The maximum atomic E-state index is 10.6. The quantitative estimate of drug-likeness (QED) is 0.414. The number of aromatic amines is 1. The summed E-state index contributed by atoms with van der Waals surface area (Å²) in [5.41, 5.74) is 10.7. The molecule has 0 aromatic carbocycles. The fraction of sp³-hybridized carbons (Fsp3) is 0.200. The van der Waals surface area contributed by atoms with Gasteiger partial charge in [0.1, 0.15) is 11.5 Å². The first-order chi connectivity index (χ1) is 5.15. The van der Waals surface area contributed by atoms with Crippen LogP contribution < -0.4 is 22.5 Å². The first kappa shape index (κ1) is 7.39. The molecule has 1 rings (SSSR count). The number of rotatable bonds is 1. The van der Waals surface area contributed by atoms with E-state index in [1.807, 2.05) is 0 Å². The van der Waals surface area contributed by atoms with Gasteiger partial charge in [-0.3, -0.25) is 4.98 Å². The Morgan fingerprint density at radius 3 is 2.64 bits per heavy atom. The van der Waals surface area contributed by atoms with Crippen LogP contribution in [0.15, 0.2) is 4.79 Å². The number of nitrogens with one attached hydrogen (secondary N) is 2. The summed E-state index contributed by atoms with van der Waals surface area (Å²) < 4.78 is 0. The third-order valence-electron chi connectivity index (χ3n) is 1.24. The molecule has 6 heteroatoms. The predicted octanol–water partition coefficient (Wildman–Crippen LogP) is -1.02. The van der Waals surface area contributed by atoms with E-state index in [4.69, 9.17) is 11.5 Å². The van der Waals surface area contributed by atoms with Crippen molar-refractivity contribution in [3.8, 4) is 0 Å². The lowest BCUT2D eigenvalue weighted by molar-refractivity contribution is 1.09. The first-order valence-corrected chi connectivity index (χ1v) is 2.98. The highest BCUT2D eigenvalue weighted by atomic mass is 16.1. The van der Waals surface area contributed by atoms with E-state index < -0.39 is 5.69 Å². The van der Waals surface area contributed by atoms with E-state index in [9.17, 15) is 4.79 Å². The average Bonchev–Trinajstić information content (AvgIpc) is 1.85. The summed E-state index contributed by atoms with van der Waals surface area (Å²) in [6.45, 7) is 0. The van der Waals surface area contributed by atoms with Crippen LogP contribution in [0, 0.1) is 0 Å². The lowest BCUT2D eigenvalue weighted by atomic mass is 10.4. The van der Waals surface area contributed by atoms with Gasteiger partial charge in [-0.25, -0.2) is 4.79 Å². The SMILES string of the molecule is CNc1c(N)nc(=O)[nH]c1N. The summed E-state index contributed by atoms with van der Waals surface area (Å²) in [4.78, 5) is 16.4. The first-order valence-electron chi connectivity index (χ1n) is 2.98. The summed E-state index contributed by atoms with van der Waals surface area (Å²) in [7, 11) is 1.64. The number of hydrogen-bond acceptors (Lipinski definition) is 5. The van der Waals surface area contributed by atoms with E-state index in [0.29, 0.717) is 5.69 Å². The molecule has 1 heterocycles. The molecule has 0 fully saturated rings. The second-order valence-corrected chi connectivity index (χ2v) is 1.97. The molecule has 11 heavy (non-hydrogen) atoms. The highest BCUT2D eigenvalue weighted by Gasteiger charge is 2.03. The van der Waals surface area contributed by atoms with Crippen molar-refractivity contribution in [2.45, 2.75) is 0 Å². The summed E-state index contributed by atoms with van der Waals surface area (Å²) in [6, 6.07) is 0. The standard InChI is InChI=1S/C5H9N5O/c1-8-2-3(6)9-5(11)10-4(2)7/h8H,1H3,(H5,6,7,9,10,11). The molecule has 0 radical (unpaired) electrons. The van der Waals surface area contributed by atoms with E-state index in [2.05, 4.69) is 15.3 Å². The molecule has 0 aliphatic heterocycles. The minimum Gasteiger partial charge on any atom is -0.383 e. The van der Waals surface area contributed by atoms with Crippen LogP contribution in [0.1, 0.15) is 0 Å². The van der Waals surface area contributed by atoms with E-state index in [1.54, 1.807) is 7.05 Å². The molecule has 0 saturated carbocycles. The Balaban J connectivity index is 3.36. The third kappa shape index (κ3) is 1.23. The predicted molar refractivity (Wildman–Crippen MR) is 43.2 cm³/mol. The molecule has 0 saturated heterocycles. The van der Waals surface area contributed by atoms with Crippen LogP contribution in [0.3, 0.4) is 0 Å². The Morgan fingerprint density at radius 1 is 1.55 bits per heavy atom. The van der Waals surface area contributed by atoms with Crippen molar-refractivity contribution < 1.29 is 0 Å². The second-order valence-electron chi connectivity index (χ2n) is 1.97. The molecular formula is C5H9N5O. The van der Waals surface area contributed by atoms with Crippen LogP contribution in [0.5, 0.6) is 0 Å². The van der Waals surface area contributed by atoms with Crippen LogP contribution in [-0.4, -0.2) is 17.0 Å². The fourth-order valence-corrected chi connectivity index (χ4v) is 0.772. The summed E-state index contributed by atoms with van der Waals surface area (Å²) in [5.74, 6) is 0.304. The molecule has 6 nitrogen and oxygen atoms in total. The molecule has 0 amide bonds. The molecule has 1 aromatic rings. The second kappa shape index (κ2) is 2.49. The van der Waals surface area contributed by atoms with Crippen LogP contribution >= 0.6 is 0 Å². The van der Waals surface area contributed by atoms with Crippen LogP contribution in [0.4, 0.5) is 17.3 Å². The molecule has 0 spiro atoms. The van der Waals surface area contributed by atoms with Crippen molar-refractivity contribution in [1.29, 1.82) is 0 Å². The van der Waals surface area contributed by atoms with Crippen LogP contribution in [-0.2, 0) is 0 Å². The van der Waals surface area contributed by atoms with Gasteiger partial charge in [0.25, 0.3) is 0 Å². The van der Waals surface area contributed by atoms with Crippen LogP contribution in [0.25, 0.3) is 0 Å². The zero-order valence-electron chi connectivity index (χ0n) is 6.01. The molecule has 0 bridgehead atoms. The lowest BCUT2D eigenvalue weighted by Gasteiger charge is -2.04. The minimum atomic E-state index is -0.543. The summed E-state index contributed by atoms with van der Waals surface area (Å²) in [6.07, 6.45) is 0. The number of nitrogen functional groups attached to an aromatic ring is 2. The lowest BCUT2D eigenvalue weighted by Crippen LogP contribution is -2.17. The van der Waals surface area contributed by atoms with E-state index in [0.717, 1.165) is 0 Å². The van der Waals surface area contributed by atoms with Crippen molar-refractivity contribution in [2.75, 3.05) is 23.8 Å². The molecule has 0 aliphatic carbocycles. The molecule has 0 unspecified atom stereocenters. The van der Waals surface area contributed by atoms with Gasteiger partial charge in [-0.05, 0) is 0 Å². The molecule has 6 N–H and O–H groups in total. The minimum absolute atomic E-state index is 0.105. The number of nitrogens with zero attached hydrogens (tertiary/aromatic N) is 1. The maximum Gasteiger partial charge on any atom is 0.348 e. The van der Waals surface area contributed by atoms with Crippen molar-refractivity contribution in [2.24, 2.45) is 0 Å². The fourth-order valence-electron chi connectivity index (χ4n) is 0.772. The number of aromatic nitrogens is 2. The zero-order valence-corrected chi connectivity index (χ0v) is 6.01. The van der Waals surface area contributed by atoms with Crippen molar-refractivity contribution >= 4 is 17.3 Å². The van der Waals surface area contributed by atoms with E-state index in [1.165, 1.54) is 0 Å². The van der Waals surface area contributed by atoms with Gasteiger partial charge >= 0.3 is 5.69 Å². The summed E-state index contributed by atoms with van der Waals surface area (Å²) >= 11 is 0. The van der Waals surface area contributed by atoms with Gasteiger partial charge in [0.2, 0.25) is 0 Å². The molecule has 60 valence electrons. The van der Waals surface area contributed by atoms with Crippen molar-refractivity contribution in [3.05, 3.63) is 10.5 Å². The highest BCUT2D eigenvalue weighted by molar-refractivity contribution is 5.72. The van der Waals surface area contributed by atoms with Gasteiger partial charge < -0.3 is 16.8 Å². The van der Waals surface area contributed by atoms with Crippen LogP contribution in [0.2, 0.25) is 0 Å². The van der Waals surface area contributed by atoms with Gasteiger partial charge in [0, 0.05) is 7.05 Å². The Hall–Kier alpha value is -1.72. The number of H-pyrrole nitrogens is 1. The Kier molecular flexibility index (Phi) is 1.67. The van der Waals surface area contributed by atoms with E-state index in [-0.39, 0.29) is 11.6 Å². The van der Waals surface area contributed by atoms with Gasteiger partial charge in [0.15, 0.2) is 5.82 Å². The van der Waals surface area contributed by atoms with Gasteiger partial charge in [0.05, 0.1) is 0 Å². The summed E-state index contributed by atoms with van der Waals surface area (Å²) in [5, 5.41) is 2.71. The topological polar surface area (TPSA) is 110 Å². The zero-order chi connectivity index (χ0) is 8.43. The highest BCUT2D eigenvalue weighted by Crippen LogP contribution is 2.17. The largest absolute Gasteiger partial charge is 0.383 e. The van der Waals surface area contributed by atoms with Crippen molar-refractivity contribution in [3.63, 3.8) is 0 Å². The molecular weight excluding hydrogens is 146 g/mol. The number of nitrogens with two attached hydrogens (primary N) is 2. The molecule has 0 aliphatic rings. The number of anilines is 3. The smallest absolute Gasteiger partial charge is 0.348 e. The monoisotopic (exact) mass is 155 g/mol.